The molecule has 0 aliphatic heterocycles. The summed E-state index contributed by atoms with van der Waals surface area (Å²) in [7, 11) is -2.87. The largest absolute Gasteiger partial charge is 0.329 e. The van der Waals surface area contributed by atoms with Gasteiger partial charge in [-0.15, -0.1) is 0 Å². The van der Waals surface area contributed by atoms with Crippen LogP contribution < -0.4 is 11.5 Å². The smallest absolute Gasteiger partial charge is 0.150 e. The monoisotopic (exact) mass is 192 g/mol. The third kappa shape index (κ3) is 1.97. The van der Waals surface area contributed by atoms with Crippen LogP contribution in [0.2, 0.25) is 0 Å². The van der Waals surface area contributed by atoms with Crippen molar-refractivity contribution in [3.8, 4) is 0 Å². The highest BCUT2D eigenvalue weighted by molar-refractivity contribution is 7.91. The standard InChI is InChI=1S/C7H16N2O2S/c1-2-12(10,11)4-6-3-7(6,9)5-8/h6H,2-5,8-9H2,1H3/t6-,7+/m0/s1. The molecular weight excluding hydrogens is 176 g/mol. The van der Waals surface area contributed by atoms with Crippen LogP contribution in [0.1, 0.15) is 13.3 Å². The molecule has 5 heteroatoms. The van der Waals surface area contributed by atoms with Crippen molar-refractivity contribution in [1.82, 2.24) is 0 Å². The second-order valence-electron chi connectivity index (χ2n) is 3.54. The van der Waals surface area contributed by atoms with Crippen LogP contribution in [0.4, 0.5) is 0 Å². The summed E-state index contributed by atoms with van der Waals surface area (Å²) in [5.41, 5.74) is 10.8. The molecule has 0 heterocycles. The molecule has 0 aromatic rings. The molecule has 72 valence electrons. The van der Waals surface area contributed by atoms with Gasteiger partial charge in [0.1, 0.15) is 9.84 Å². The number of hydrogen-bond donors (Lipinski definition) is 2. The van der Waals surface area contributed by atoms with Crippen LogP contribution in [0.25, 0.3) is 0 Å². The Morgan fingerprint density at radius 1 is 1.58 bits per heavy atom. The Balaban J connectivity index is 2.48. The molecule has 0 radical (unpaired) electrons. The molecule has 0 saturated heterocycles. The van der Waals surface area contributed by atoms with Crippen LogP contribution >= 0.6 is 0 Å². The summed E-state index contributed by atoms with van der Waals surface area (Å²) in [6.45, 7) is 2.04. The Hall–Kier alpha value is -0.130. The first-order chi connectivity index (χ1) is 5.43. The molecule has 0 spiro atoms. The van der Waals surface area contributed by atoms with Crippen molar-refractivity contribution < 1.29 is 8.42 Å². The van der Waals surface area contributed by atoms with Gasteiger partial charge in [-0.3, -0.25) is 0 Å². The van der Waals surface area contributed by atoms with Gasteiger partial charge >= 0.3 is 0 Å². The molecule has 1 aliphatic rings. The second kappa shape index (κ2) is 2.97. The van der Waals surface area contributed by atoms with Gasteiger partial charge in [0.15, 0.2) is 0 Å². The maximum absolute atomic E-state index is 11.2. The summed E-state index contributed by atoms with van der Waals surface area (Å²) in [5.74, 6) is 0.494. The molecular formula is C7H16N2O2S. The Morgan fingerprint density at radius 3 is 2.50 bits per heavy atom. The van der Waals surface area contributed by atoms with Crippen molar-refractivity contribution in [3.05, 3.63) is 0 Å². The fourth-order valence-electron chi connectivity index (χ4n) is 1.30. The minimum absolute atomic E-state index is 0.0902. The van der Waals surface area contributed by atoms with Crippen molar-refractivity contribution in [3.63, 3.8) is 0 Å². The van der Waals surface area contributed by atoms with Gasteiger partial charge in [0.05, 0.1) is 5.75 Å². The molecule has 0 aromatic carbocycles. The number of nitrogens with two attached hydrogens (primary N) is 2. The lowest BCUT2D eigenvalue weighted by molar-refractivity contribution is 0.580. The predicted octanol–water partition coefficient (Wildman–Crippen LogP) is -0.903. The van der Waals surface area contributed by atoms with E-state index >= 15 is 0 Å². The van der Waals surface area contributed by atoms with Gasteiger partial charge in [-0.1, -0.05) is 6.92 Å². The molecule has 0 unspecified atom stereocenters. The average molecular weight is 192 g/mol. The zero-order valence-electron chi connectivity index (χ0n) is 7.29. The first-order valence-corrected chi connectivity index (χ1v) is 5.95. The zero-order valence-corrected chi connectivity index (χ0v) is 8.10. The van der Waals surface area contributed by atoms with E-state index in [9.17, 15) is 8.42 Å². The lowest BCUT2D eigenvalue weighted by Crippen LogP contribution is -2.36. The molecule has 0 bridgehead atoms. The van der Waals surface area contributed by atoms with Crippen LogP contribution in [0.5, 0.6) is 0 Å². The summed E-state index contributed by atoms with van der Waals surface area (Å²) >= 11 is 0. The summed E-state index contributed by atoms with van der Waals surface area (Å²) in [4.78, 5) is 0. The van der Waals surface area contributed by atoms with Gasteiger partial charge < -0.3 is 11.5 Å². The molecule has 4 nitrogen and oxygen atoms in total. The van der Waals surface area contributed by atoms with Crippen molar-refractivity contribution >= 4 is 9.84 Å². The topological polar surface area (TPSA) is 86.2 Å². The van der Waals surface area contributed by atoms with E-state index in [1.165, 1.54) is 0 Å². The Bertz CT molecular complexity index is 263. The van der Waals surface area contributed by atoms with E-state index in [1.807, 2.05) is 0 Å². The van der Waals surface area contributed by atoms with E-state index in [4.69, 9.17) is 11.5 Å². The van der Waals surface area contributed by atoms with Crippen molar-refractivity contribution in [2.24, 2.45) is 17.4 Å². The fraction of sp³-hybridized carbons (Fsp3) is 1.00. The molecule has 1 saturated carbocycles. The van der Waals surface area contributed by atoms with Gasteiger partial charge in [-0.2, -0.15) is 0 Å². The summed E-state index contributed by atoms with van der Waals surface area (Å²) in [6, 6.07) is 0. The van der Waals surface area contributed by atoms with Gasteiger partial charge in [-0.05, 0) is 12.3 Å². The van der Waals surface area contributed by atoms with E-state index < -0.39 is 9.84 Å². The van der Waals surface area contributed by atoms with Gasteiger partial charge in [0.25, 0.3) is 0 Å². The van der Waals surface area contributed by atoms with E-state index in [1.54, 1.807) is 6.92 Å². The van der Waals surface area contributed by atoms with E-state index in [2.05, 4.69) is 0 Å². The SMILES string of the molecule is CCS(=O)(=O)C[C@@H]1C[C@@]1(N)CN. The van der Waals surface area contributed by atoms with Gasteiger partial charge in [-0.25, -0.2) is 8.42 Å². The van der Waals surface area contributed by atoms with Gasteiger partial charge in [0.2, 0.25) is 0 Å². The molecule has 1 fully saturated rings. The number of rotatable bonds is 4. The second-order valence-corrected chi connectivity index (χ2v) is 5.94. The maximum atomic E-state index is 11.2. The molecule has 0 amide bonds. The third-order valence-corrected chi connectivity index (χ3v) is 4.34. The average Bonchev–Trinajstić information content (AvgIpc) is 2.62. The minimum atomic E-state index is -2.87. The first kappa shape index (κ1) is 9.95. The summed E-state index contributed by atoms with van der Waals surface area (Å²) in [5, 5.41) is 0. The molecule has 1 aliphatic carbocycles. The van der Waals surface area contributed by atoms with Crippen molar-refractivity contribution in [2.75, 3.05) is 18.1 Å². The van der Waals surface area contributed by atoms with E-state index in [0.717, 1.165) is 6.42 Å². The molecule has 4 N–H and O–H groups in total. The Kier molecular flexibility index (Phi) is 2.47. The number of sulfone groups is 1. The van der Waals surface area contributed by atoms with Crippen LogP contribution in [0, 0.1) is 5.92 Å². The quantitative estimate of drug-likeness (QED) is 0.604. The minimum Gasteiger partial charge on any atom is -0.329 e. The Morgan fingerprint density at radius 2 is 2.17 bits per heavy atom. The highest BCUT2D eigenvalue weighted by Crippen LogP contribution is 2.40. The van der Waals surface area contributed by atoms with Gasteiger partial charge in [0, 0.05) is 17.8 Å². The lowest BCUT2D eigenvalue weighted by Gasteiger charge is -2.06. The molecule has 2 atom stereocenters. The Labute approximate surface area is 73.2 Å². The van der Waals surface area contributed by atoms with E-state index in [0.29, 0.717) is 6.54 Å². The van der Waals surface area contributed by atoms with Crippen LogP contribution in [-0.4, -0.2) is 32.0 Å². The van der Waals surface area contributed by atoms with Crippen LogP contribution in [0.3, 0.4) is 0 Å². The lowest BCUT2D eigenvalue weighted by atomic mass is 10.2. The van der Waals surface area contributed by atoms with Crippen LogP contribution in [-0.2, 0) is 9.84 Å². The molecule has 1 rings (SSSR count). The van der Waals surface area contributed by atoms with E-state index in [-0.39, 0.29) is 23.0 Å². The zero-order chi connectivity index (χ0) is 9.41. The van der Waals surface area contributed by atoms with Crippen molar-refractivity contribution in [2.45, 2.75) is 18.9 Å². The fourth-order valence-corrected chi connectivity index (χ4v) is 2.60. The first-order valence-electron chi connectivity index (χ1n) is 4.13. The molecule has 0 aromatic heterocycles. The molecule has 12 heavy (non-hydrogen) atoms. The highest BCUT2D eigenvalue weighted by atomic mass is 32.2. The number of hydrogen-bond acceptors (Lipinski definition) is 4. The summed E-state index contributed by atoms with van der Waals surface area (Å²) < 4.78 is 22.3. The highest BCUT2D eigenvalue weighted by Gasteiger charge is 2.51. The third-order valence-electron chi connectivity index (χ3n) is 2.55. The summed E-state index contributed by atoms with van der Waals surface area (Å²) in [6.07, 6.45) is 0.753. The maximum Gasteiger partial charge on any atom is 0.150 e. The van der Waals surface area contributed by atoms with Crippen molar-refractivity contribution in [1.29, 1.82) is 0 Å². The predicted molar refractivity (Wildman–Crippen MR) is 48.4 cm³/mol. The normalized spacial score (nSPS) is 35.1. The van der Waals surface area contributed by atoms with Crippen LogP contribution in [0.15, 0.2) is 0 Å².